The zero-order valence-corrected chi connectivity index (χ0v) is 14.3. The van der Waals surface area contributed by atoms with Crippen LogP contribution in [-0.2, 0) is 0 Å². The zero-order valence-electron chi connectivity index (χ0n) is 12.5. The molecule has 3 nitrogen and oxygen atoms in total. The van der Waals surface area contributed by atoms with E-state index >= 15 is 0 Å². The lowest BCUT2D eigenvalue weighted by Gasteiger charge is -2.14. The van der Waals surface area contributed by atoms with Gasteiger partial charge in [0.1, 0.15) is 10.1 Å². The fourth-order valence-corrected chi connectivity index (χ4v) is 4.87. The molecular weight excluding hydrogens is 322 g/mol. The van der Waals surface area contributed by atoms with Crippen molar-refractivity contribution in [3.8, 4) is 10.4 Å². The quantitative estimate of drug-likeness (QED) is 0.699. The van der Waals surface area contributed by atoms with Gasteiger partial charge in [-0.15, -0.1) is 21.5 Å². The first-order chi connectivity index (χ1) is 11.3. The molecule has 114 valence electrons. The summed E-state index contributed by atoms with van der Waals surface area (Å²) in [6.07, 6.45) is 6.00. The zero-order chi connectivity index (χ0) is 15.6. The normalized spacial score (nSPS) is 18.6. The van der Waals surface area contributed by atoms with Crippen molar-refractivity contribution in [3.05, 3.63) is 77.4 Å². The molecule has 0 N–H and O–H groups in total. The van der Waals surface area contributed by atoms with Crippen LogP contribution in [0.3, 0.4) is 0 Å². The highest BCUT2D eigenvalue weighted by molar-refractivity contribution is 8.42. The van der Waals surface area contributed by atoms with E-state index in [4.69, 9.17) is 0 Å². The molecule has 1 aliphatic rings. The summed E-state index contributed by atoms with van der Waals surface area (Å²) in [7, 11) is -0.551. The van der Waals surface area contributed by atoms with Gasteiger partial charge in [-0.25, -0.2) is 0 Å². The molecule has 0 aliphatic carbocycles. The number of hydrogen-bond donors (Lipinski definition) is 1. The molecule has 1 aromatic carbocycles. The van der Waals surface area contributed by atoms with E-state index in [1.54, 1.807) is 11.3 Å². The van der Waals surface area contributed by atoms with E-state index in [9.17, 15) is 0 Å². The second-order valence-corrected chi connectivity index (χ2v) is 8.12. The molecule has 1 unspecified atom stereocenters. The summed E-state index contributed by atoms with van der Waals surface area (Å²) < 4.78 is 0. The number of benzene rings is 1. The van der Waals surface area contributed by atoms with Crippen LogP contribution in [0.1, 0.15) is 11.1 Å². The van der Waals surface area contributed by atoms with Crippen LogP contribution in [0.25, 0.3) is 10.4 Å². The first-order valence-corrected chi connectivity index (χ1v) is 9.94. The summed E-state index contributed by atoms with van der Waals surface area (Å²) in [6, 6.07) is 16.6. The maximum atomic E-state index is 4.46. The highest BCUT2D eigenvalue weighted by Gasteiger charge is 2.22. The third kappa shape index (κ3) is 2.73. The van der Waals surface area contributed by atoms with Crippen LogP contribution in [0.15, 0.2) is 76.5 Å². The van der Waals surface area contributed by atoms with E-state index < -0.39 is 10.9 Å². The lowest BCUT2D eigenvalue weighted by molar-refractivity contribution is 1.25. The summed E-state index contributed by atoms with van der Waals surface area (Å²) in [5.41, 5.74) is 3.36. The van der Waals surface area contributed by atoms with Gasteiger partial charge in [0.15, 0.2) is 0 Å². The SMILES string of the molecule is C[SH]1C(c2ccccc2)=NN=C1c1cncc(-c2cccs2)c1. The Labute approximate surface area is 141 Å². The third-order valence-corrected chi connectivity index (χ3v) is 6.59. The Bertz CT molecular complexity index is 884. The molecule has 0 fully saturated rings. The van der Waals surface area contributed by atoms with Gasteiger partial charge in [0.2, 0.25) is 0 Å². The van der Waals surface area contributed by atoms with Gasteiger partial charge < -0.3 is 0 Å². The number of thiophene rings is 1. The van der Waals surface area contributed by atoms with Gasteiger partial charge in [0, 0.05) is 34.0 Å². The van der Waals surface area contributed by atoms with E-state index in [1.807, 2.05) is 30.6 Å². The fraction of sp³-hybridized carbons (Fsp3) is 0.0556. The number of hydrogen-bond acceptors (Lipinski definition) is 4. The molecule has 0 radical (unpaired) electrons. The van der Waals surface area contributed by atoms with Crippen molar-refractivity contribution in [2.75, 3.05) is 6.26 Å². The minimum Gasteiger partial charge on any atom is -0.263 e. The summed E-state index contributed by atoms with van der Waals surface area (Å²) >= 11 is 1.72. The molecule has 0 saturated carbocycles. The predicted octanol–water partition coefficient (Wildman–Crippen LogP) is 4.56. The van der Waals surface area contributed by atoms with Crippen molar-refractivity contribution < 1.29 is 0 Å². The van der Waals surface area contributed by atoms with Gasteiger partial charge in [0.25, 0.3) is 0 Å². The first kappa shape index (κ1) is 14.4. The largest absolute Gasteiger partial charge is 0.263 e. The molecular formula is C18H15N3S2. The monoisotopic (exact) mass is 337 g/mol. The minimum absolute atomic E-state index is 0.551. The second-order valence-electron chi connectivity index (χ2n) is 5.21. The Morgan fingerprint density at radius 1 is 0.826 bits per heavy atom. The van der Waals surface area contributed by atoms with Crippen LogP contribution in [0.4, 0.5) is 0 Å². The van der Waals surface area contributed by atoms with Gasteiger partial charge in [-0.05, 0) is 23.8 Å². The minimum atomic E-state index is -0.551. The number of thiol groups is 1. The Morgan fingerprint density at radius 2 is 1.57 bits per heavy atom. The van der Waals surface area contributed by atoms with Crippen molar-refractivity contribution >= 4 is 32.3 Å². The van der Waals surface area contributed by atoms with Crippen molar-refractivity contribution in [3.63, 3.8) is 0 Å². The standard InChI is InChI=1S/C18H15N3S2/c1-23-17(13-6-3-2-4-7-13)20-21-18(23)15-10-14(11-19-12-15)16-8-5-9-22-16/h2-12,23H,1H3. The molecule has 5 heteroatoms. The van der Waals surface area contributed by atoms with E-state index in [2.05, 4.69) is 57.2 Å². The molecule has 3 heterocycles. The van der Waals surface area contributed by atoms with Crippen LogP contribution < -0.4 is 0 Å². The molecule has 4 rings (SSSR count). The summed E-state index contributed by atoms with van der Waals surface area (Å²) in [6.45, 7) is 0. The van der Waals surface area contributed by atoms with Crippen LogP contribution in [0.5, 0.6) is 0 Å². The molecule has 3 aromatic rings. The van der Waals surface area contributed by atoms with Gasteiger partial charge in [-0.2, -0.15) is 10.9 Å². The molecule has 0 spiro atoms. The smallest absolute Gasteiger partial charge is 0.113 e. The maximum absolute atomic E-state index is 4.46. The Kier molecular flexibility index (Phi) is 3.81. The van der Waals surface area contributed by atoms with E-state index in [-0.39, 0.29) is 0 Å². The van der Waals surface area contributed by atoms with Gasteiger partial charge in [-0.1, -0.05) is 36.4 Å². The number of nitrogens with zero attached hydrogens (tertiary/aromatic N) is 3. The van der Waals surface area contributed by atoms with Crippen LogP contribution in [0, 0.1) is 0 Å². The van der Waals surface area contributed by atoms with Crippen molar-refractivity contribution in [2.45, 2.75) is 0 Å². The van der Waals surface area contributed by atoms with Crippen molar-refractivity contribution in [1.82, 2.24) is 4.98 Å². The third-order valence-electron chi connectivity index (χ3n) is 3.71. The lowest BCUT2D eigenvalue weighted by atomic mass is 10.2. The number of rotatable bonds is 3. The second kappa shape index (κ2) is 6.10. The topological polar surface area (TPSA) is 37.6 Å². The van der Waals surface area contributed by atoms with Crippen molar-refractivity contribution in [1.29, 1.82) is 0 Å². The molecule has 0 saturated heterocycles. The molecule has 23 heavy (non-hydrogen) atoms. The van der Waals surface area contributed by atoms with E-state index in [1.165, 1.54) is 4.88 Å². The lowest BCUT2D eigenvalue weighted by Crippen LogP contribution is -2.06. The number of pyridine rings is 1. The molecule has 1 atom stereocenters. The summed E-state index contributed by atoms with van der Waals surface area (Å²) in [4.78, 5) is 5.63. The number of aromatic nitrogens is 1. The average molecular weight is 337 g/mol. The summed E-state index contributed by atoms with van der Waals surface area (Å²) in [5.74, 6) is 0. The molecule has 0 amide bonds. The maximum Gasteiger partial charge on any atom is 0.113 e. The van der Waals surface area contributed by atoms with Gasteiger partial charge in [-0.3, -0.25) is 4.98 Å². The van der Waals surface area contributed by atoms with Gasteiger partial charge >= 0.3 is 0 Å². The van der Waals surface area contributed by atoms with Gasteiger partial charge in [0.05, 0.1) is 0 Å². The van der Waals surface area contributed by atoms with E-state index in [0.29, 0.717) is 0 Å². The Hall–Kier alpha value is -2.24. The van der Waals surface area contributed by atoms with E-state index in [0.717, 1.165) is 26.8 Å². The predicted molar refractivity (Wildman–Crippen MR) is 102 cm³/mol. The van der Waals surface area contributed by atoms with Crippen LogP contribution in [-0.4, -0.2) is 21.3 Å². The Balaban J connectivity index is 1.65. The Morgan fingerprint density at radius 3 is 2.30 bits per heavy atom. The van der Waals surface area contributed by atoms with Crippen LogP contribution in [0.2, 0.25) is 0 Å². The first-order valence-electron chi connectivity index (χ1n) is 7.27. The highest BCUT2D eigenvalue weighted by Crippen LogP contribution is 2.37. The summed E-state index contributed by atoms with van der Waals surface area (Å²) in [5, 5.41) is 13.1. The highest BCUT2D eigenvalue weighted by atomic mass is 32.2. The van der Waals surface area contributed by atoms with Crippen molar-refractivity contribution in [2.24, 2.45) is 10.2 Å². The van der Waals surface area contributed by atoms with Crippen LogP contribution >= 0.6 is 22.2 Å². The molecule has 1 aliphatic heterocycles. The fourth-order valence-electron chi connectivity index (χ4n) is 2.56. The molecule has 2 aromatic heterocycles. The average Bonchev–Trinajstić information content (AvgIpc) is 3.26. The molecule has 0 bridgehead atoms.